The van der Waals surface area contributed by atoms with Gasteiger partial charge in [-0.3, -0.25) is 4.79 Å². The van der Waals surface area contributed by atoms with Gasteiger partial charge in [0.25, 0.3) is 5.56 Å². The molecule has 2 unspecified atom stereocenters. The predicted octanol–water partition coefficient (Wildman–Crippen LogP) is 2.62. The Labute approximate surface area is 113 Å². The van der Waals surface area contributed by atoms with Crippen LogP contribution in [0.3, 0.4) is 0 Å². The van der Waals surface area contributed by atoms with Gasteiger partial charge in [0.1, 0.15) is 4.47 Å². The van der Waals surface area contributed by atoms with E-state index in [0.717, 1.165) is 23.8 Å². The highest BCUT2D eigenvalue weighted by Gasteiger charge is 2.25. The molecule has 0 aromatic carbocycles. The van der Waals surface area contributed by atoms with Gasteiger partial charge in [0.2, 0.25) is 0 Å². The number of aromatic nitrogens is 2. The molecule has 1 aliphatic rings. The Balaban J connectivity index is 1.98. The Bertz CT molecular complexity index is 437. The molecular weight excluding hydrogens is 302 g/mol. The lowest BCUT2D eigenvalue weighted by atomic mass is 10.2. The number of nitrogens with zero attached hydrogens (tertiary/aromatic N) is 1. The van der Waals surface area contributed by atoms with Crippen molar-refractivity contribution in [1.29, 1.82) is 0 Å². The number of nitrogens with one attached hydrogen (secondary N) is 2. The average molecular weight is 318 g/mol. The van der Waals surface area contributed by atoms with E-state index in [1.165, 1.54) is 12.2 Å². The van der Waals surface area contributed by atoms with Gasteiger partial charge in [0, 0.05) is 11.3 Å². The van der Waals surface area contributed by atoms with Gasteiger partial charge in [-0.05, 0) is 40.9 Å². The zero-order chi connectivity index (χ0) is 12.3. The molecule has 1 fully saturated rings. The summed E-state index contributed by atoms with van der Waals surface area (Å²) in [5.74, 6) is 1.17. The van der Waals surface area contributed by atoms with E-state index in [2.05, 4.69) is 38.4 Å². The Kier molecular flexibility index (Phi) is 4.50. The van der Waals surface area contributed by atoms with Crippen molar-refractivity contribution in [2.45, 2.75) is 37.5 Å². The molecule has 1 saturated carbocycles. The summed E-state index contributed by atoms with van der Waals surface area (Å²) in [4.78, 5) is 11.4. The highest BCUT2D eigenvalue weighted by Crippen LogP contribution is 2.32. The van der Waals surface area contributed by atoms with Gasteiger partial charge in [-0.1, -0.05) is 6.92 Å². The number of aromatic amines is 1. The second kappa shape index (κ2) is 5.91. The number of H-pyrrole nitrogens is 1. The second-order valence-corrected chi connectivity index (χ2v) is 6.53. The topological polar surface area (TPSA) is 57.8 Å². The molecule has 1 aromatic heterocycles. The van der Waals surface area contributed by atoms with Gasteiger partial charge in [-0.15, -0.1) is 0 Å². The van der Waals surface area contributed by atoms with Gasteiger partial charge < -0.3 is 5.32 Å². The van der Waals surface area contributed by atoms with Gasteiger partial charge >= 0.3 is 0 Å². The smallest absolute Gasteiger partial charge is 0.280 e. The maximum atomic E-state index is 11.4. The lowest BCUT2D eigenvalue weighted by Gasteiger charge is -2.14. The molecule has 6 heteroatoms. The minimum Gasteiger partial charge on any atom is -0.380 e. The molecule has 2 atom stereocenters. The third-order valence-corrected chi connectivity index (χ3v) is 4.96. The number of rotatable bonds is 4. The van der Waals surface area contributed by atoms with Crippen LogP contribution >= 0.6 is 27.7 Å². The SMILES string of the molecule is CCSC1CCC(Nc2cn[nH]c(=O)c2Br)C1. The van der Waals surface area contributed by atoms with Crippen molar-refractivity contribution in [1.82, 2.24) is 10.2 Å². The van der Waals surface area contributed by atoms with Crippen LogP contribution in [0, 0.1) is 0 Å². The van der Waals surface area contributed by atoms with E-state index < -0.39 is 0 Å². The van der Waals surface area contributed by atoms with Gasteiger partial charge in [0.05, 0.1) is 11.9 Å². The van der Waals surface area contributed by atoms with Crippen molar-refractivity contribution < 1.29 is 0 Å². The van der Waals surface area contributed by atoms with Crippen LogP contribution in [0.25, 0.3) is 0 Å². The van der Waals surface area contributed by atoms with Crippen molar-refractivity contribution in [3.63, 3.8) is 0 Å². The van der Waals surface area contributed by atoms with Gasteiger partial charge in [-0.2, -0.15) is 16.9 Å². The van der Waals surface area contributed by atoms with Crippen LogP contribution in [0.5, 0.6) is 0 Å². The van der Waals surface area contributed by atoms with E-state index >= 15 is 0 Å². The third-order valence-electron chi connectivity index (χ3n) is 2.94. The summed E-state index contributed by atoms with van der Waals surface area (Å²) in [6.07, 6.45) is 5.24. The van der Waals surface area contributed by atoms with E-state index in [1.54, 1.807) is 6.20 Å². The van der Waals surface area contributed by atoms with Crippen LogP contribution < -0.4 is 10.9 Å². The fraction of sp³-hybridized carbons (Fsp3) is 0.636. The zero-order valence-electron chi connectivity index (χ0n) is 9.70. The first-order valence-electron chi connectivity index (χ1n) is 5.82. The normalized spacial score (nSPS) is 23.9. The van der Waals surface area contributed by atoms with Gasteiger partial charge in [0.15, 0.2) is 0 Å². The monoisotopic (exact) mass is 317 g/mol. The molecule has 0 amide bonds. The maximum absolute atomic E-state index is 11.4. The van der Waals surface area contributed by atoms with Crippen LogP contribution in [0.4, 0.5) is 5.69 Å². The third kappa shape index (κ3) is 3.25. The number of hydrogen-bond donors (Lipinski definition) is 2. The van der Waals surface area contributed by atoms with Crippen molar-refractivity contribution >= 4 is 33.4 Å². The van der Waals surface area contributed by atoms with Crippen molar-refractivity contribution in [2.75, 3.05) is 11.1 Å². The van der Waals surface area contributed by atoms with Crippen molar-refractivity contribution in [2.24, 2.45) is 0 Å². The first-order valence-corrected chi connectivity index (χ1v) is 7.66. The summed E-state index contributed by atoms with van der Waals surface area (Å²) in [6.45, 7) is 2.20. The molecule has 1 aliphatic carbocycles. The molecule has 0 aliphatic heterocycles. The summed E-state index contributed by atoms with van der Waals surface area (Å²) in [5.41, 5.74) is 0.605. The summed E-state index contributed by atoms with van der Waals surface area (Å²) in [6, 6.07) is 0.457. The molecule has 0 radical (unpaired) electrons. The quantitative estimate of drug-likeness (QED) is 0.896. The predicted molar refractivity (Wildman–Crippen MR) is 75.7 cm³/mol. The fourth-order valence-electron chi connectivity index (χ4n) is 2.16. The van der Waals surface area contributed by atoms with Crippen LogP contribution in [0.1, 0.15) is 26.2 Å². The number of thioether (sulfide) groups is 1. The lowest BCUT2D eigenvalue weighted by molar-refractivity contribution is 0.753. The molecular formula is C11H16BrN3OS. The van der Waals surface area contributed by atoms with Crippen LogP contribution in [-0.2, 0) is 0 Å². The van der Waals surface area contributed by atoms with Crippen molar-refractivity contribution in [3.8, 4) is 0 Å². The lowest BCUT2D eigenvalue weighted by Crippen LogP contribution is -2.19. The van der Waals surface area contributed by atoms with E-state index in [-0.39, 0.29) is 5.56 Å². The first kappa shape index (κ1) is 13.0. The highest BCUT2D eigenvalue weighted by atomic mass is 79.9. The molecule has 2 N–H and O–H groups in total. The summed E-state index contributed by atoms with van der Waals surface area (Å²) in [5, 5.41) is 10.4. The van der Waals surface area contributed by atoms with Crippen molar-refractivity contribution in [3.05, 3.63) is 21.0 Å². The van der Waals surface area contributed by atoms with E-state index in [9.17, 15) is 4.79 Å². The molecule has 0 saturated heterocycles. The molecule has 0 bridgehead atoms. The average Bonchev–Trinajstić information content (AvgIpc) is 2.73. The Morgan fingerprint density at radius 2 is 2.47 bits per heavy atom. The van der Waals surface area contributed by atoms with Crippen LogP contribution in [0.2, 0.25) is 0 Å². The first-order chi connectivity index (χ1) is 8.20. The fourth-order valence-corrected chi connectivity index (χ4v) is 3.61. The molecule has 1 heterocycles. The number of hydrogen-bond acceptors (Lipinski definition) is 4. The standard InChI is InChI=1S/C11H16BrN3OS/c1-2-17-8-4-3-7(5-8)14-9-6-13-15-11(16)10(9)12/h6-8H,2-5H2,1H3,(H2,14,15,16). The summed E-state index contributed by atoms with van der Waals surface area (Å²) >= 11 is 5.31. The largest absolute Gasteiger partial charge is 0.380 e. The van der Waals surface area contributed by atoms with Crippen LogP contribution in [0.15, 0.2) is 15.5 Å². The molecule has 1 aromatic rings. The highest BCUT2D eigenvalue weighted by molar-refractivity contribution is 9.10. The molecule has 2 rings (SSSR count). The summed E-state index contributed by atoms with van der Waals surface area (Å²) < 4.78 is 0.541. The van der Waals surface area contributed by atoms with Gasteiger partial charge in [-0.25, -0.2) is 5.10 Å². The van der Waals surface area contributed by atoms with E-state index in [4.69, 9.17) is 0 Å². The van der Waals surface area contributed by atoms with E-state index in [1.807, 2.05) is 11.8 Å². The number of halogens is 1. The zero-order valence-corrected chi connectivity index (χ0v) is 12.1. The Morgan fingerprint density at radius 1 is 1.65 bits per heavy atom. The molecule has 4 nitrogen and oxygen atoms in total. The summed E-state index contributed by atoms with van der Waals surface area (Å²) in [7, 11) is 0. The minimum atomic E-state index is -0.188. The molecule has 0 spiro atoms. The van der Waals surface area contributed by atoms with E-state index in [0.29, 0.717) is 10.5 Å². The van der Waals surface area contributed by atoms with Crippen LogP contribution in [-0.4, -0.2) is 27.2 Å². The second-order valence-electron chi connectivity index (χ2n) is 4.16. The Hall–Kier alpha value is -0.490. The molecule has 17 heavy (non-hydrogen) atoms. The molecule has 94 valence electrons. The number of anilines is 1. The maximum Gasteiger partial charge on any atom is 0.280 e. The minimum absolute atomic E-state index is 0.188. The Morgan fingerprint density at radius 3 is 3.24 bits per heavy atom.